The van der Waals surface area contributed by atoms with E-state index in [0.29, 0.717) is 25.6 Å². The molecule has 2 aliphatic rings. The van der Waals surface area contributed by atoms with E-state index >= 15 is 0 Å². The van der Waals surface area contributed by atoms with Crippen LogP contribution in [0.15, 0.2) is 0 Å². The summed E-state index contributed by atoms with van der Waals surface area (Å²) >= 11 is 0. The average Bonchev–Trinajstić information content (AvgIpc) is 3.14. The molecule has 0 atom stereocenters. The SMILES string of the molecule is C#CCN(CC1CC1)S(=O)(=O)N1CCCCC1. The maximum absolute atomic E-state index is 12.4. The van der Waals surface area contributed by atoms with E-state index in [0.717, 1.165) is 32.1 Å². The van der Waals surface area contributed by atoms with Gasteiger partial charge in [0, 0.05) is 19.6 Å². The van der Waals surface area contributed by atoms with Crippen LogP contribution in [0.3, 0.4) is 0 Å². The predicted octanol–water partition coefficient (Wildman–Crippen LogP) is 1.06. The Bertz CT molecular complexity index is 389. The zero-order chi connectivity index (χ0) is 12.3. The fourth-order valence-corrected chi connectivity index (χ4v) is 3.87. The van der Waals surface area contributed by atoms with Gasteiger partial charge in [-0.2, -0.15) is 17.0 Å². The molecule has 0 radical (unpaired) electrons. The third kappa shape index (κ3) is 3.21. The molecular weight excluding hydrogens is 236 g/mol. The maximum atomic E-state index is 12.4. The number of piperidine rings is 1. The molecule has 0 unspecified atom stereocenters. The summed E-state index contributed by atoms with van der Waals surface area (Å²) < 4.78 is 27.9. The molecule has 1 saturated carbocycles. The van der Waals surface area contributed by atoms with Gasteiger partial charge < -0.3 is 0 Å². The molecule has 0 spiro atoms. The zero-order valence-electron chi connectivity index (χ0n) is 10.1. The Labute approximate surface area is 104 Å². The highest BCUT2D eigenvalue weighted by Crippen LogP contribution is 2.31. The highest BCUT2D eigenvalue weighted by molar-refractivity contribution is 7.86. The molecule has 0 N–H and O–H groups in total. The van der Waals surface area contributed by atoms with E-state index in [9.17, 15) is 8.42 Å². The van der Waals surface area contributed by atoms with Crippen LogP contribution in [-0.2, 0) is 10.2 Å². The van der Waals surface area contributed by atoms with Crippen molar-refractivity contribution >= 4 is 10.2 Å². The predicted molar refractivity (Wildman–Crippen MR) is 67.5 cm³/mol. The maximum Gasteiger partial charge on any atom is 0.282 e. The van der Waals surface area contributed by atoms with E-state index in [-0.39, 0.29) is 6.54 Å². The molecule has 5 heteroatoms. The summed E-state index contributed by atoms with van der Waals surface area (Å²) in [4.78, 5) is 0. The first kappa shape index (κ1) is 12.9. The van der Waals surface area contributed by atoms with Crippen molar-refractivity contribution in [2.75, 3.05) is 26.2 Å². The van der Waals surface area contributed by atoms with Gasteiger partial charge in [0.2, 0.25) is 0 Å². The average molecular weight is 256 g/mol. The second-order valence-electron chi connectivity index (χ2n) is 4.91. The molecule has 0 bridgehead atoms. The lowest BCUT2D eigenvalue weighted by atomic mass is 10.2. The number of terminal acetylenes is 1. The molecule has 1 saturated heterocycles. The van der Waals surface area contributed by atoms with Crippen molar-refractivity contribution in [1.82, 2.24) is 8.61 Å². The highest BCUT2D eigenvalue weighted by atomic mass is 32.2. The van der Waals surface area contributed by atoms with Crippen molar-refractivity contribution in [2.24, 2.45) is 5.92 Å². The number of hydrogen-bond donors (Lipinski definition) is 0. The van der Waals surface area contributed by atoms with Crippen LogP contribution >= 0.6 is 0 Å². The van der Waals surface area contributed by atoms with E-state index in [1.54, 1.807) is 4.31 Å². The summed E-state index contributed by atoms with van der Waals surface area (Å²) in [6.07, 6.45) is 10.6. The fraction of sp³-hybridized carbons (Fsp3) is 0.833. The van der Waals surface area contributed by atoms with Gasteiger partial charge in [-0.1, -0.05) is 12.3 Å². The number of rotatable bonds is 5. The minimum absolute atomic E-state index is 0.204. The van der Waals surface area contributed by atoms with Crippen molar-refractivity contribution in [3.63, 3.8) is 0 Å². The van der Waals surface area contributed by atoms with Crippen molar-refractivity contribution in [1.29, 1.82) is 0 Å². The van der Waals surface area contributed by atoms with Gasteiger partial charge >= 0.3 is 0 Å². The molecule has 2 fully saturated rings. The van der Waals surface area contributed by atoms with E-state index in [4.69, 9.17) is 6.42 Å². The topological polar surface area (TPSA) is 40.6 Å². The van der Waals surface area contributed by atoms with Crippen molar-refractivity contribution in [2.45, 2.75) is 32.1 Å². The molecule has 4 nitrogen and oxygen atoms in total. The van der Waals surface area contributed by atoms with Crippen LogP contribution in [0, 0.1) is 18.3 Å². The van der Waals surface area contributed by atoms with Crippen LogP contribution in [0.1, 0.15) is 32.1 Å². The van der Waals surface area contributed by atoms with Gasteiger partial charge in [0.25, 0.3) is 10.2 Å². The molecule has 0 amide bonds. The highest BCUT2D eigenvalue weighted by Gasteiger charge is 2.34. The van der Waals surface area contributed by atoms with Gasteiger partial charge in [-0.25, -0.2) is 0 Å². The Hall–Kier alpha value is -0.570. The molecule has 1 heterocycles. The standard InChI is InChI=1S/C12H20N2O2S/c1-2-8-14(11-12-6-7-12)17(15,16)13-9-4-3-5-10-13/h1,12H,3-11H2. The van der Waals surface area contributed by atoms with Crippen LogP contribution in [0.25, 0.3) is 0 Å². The first-order chi connectivity index (χ1) is 8.14. The summed E-state index contributed by atoms with van der Waals surface area (Å²) in [6.45, 7) is 2.10. The molecule has 0 aromatic heterocycles. The lowest BCUT2D eigenvalue weighted by Crippen LogP contribution is -2.46. The zero-order valence-corrected chi connectivity index (χ0v) is 11.0. The van der Waals surface area contributed by atoms with Gasteiger partial charge in [-0.05, 0) is 31.6 Å². The molecule has 1 aliphatic heterocycles. The van der Waals surface area contributed by atoms with E-state index in [2.05, 4.69) is 5.92 Å². The summed E-state index contributed by atoms with van der Waals surface area (Å²) in [6, 6.07) is 0. The largest absolute Gasteiger partial charge is 0.282 e. The summed E-state index contributed by atoms with van der Waals surface area (Å²) in [5, 5.41) is 0. The normalized spacial score (nSPS) is 22.6. The first-order valence-electron chi connectivity index (χ1n) is 6.33. The third-order valence-corrected chi connectivity index (χ3v) is 5.34. The van der Waals surface area contributed by atoms with Gasteiger partial charge in [0.15, 0.2) is 0 Å². The van der Waals surface area contributed by atoms with Gasteiger partial charge in [0.05, 0.1) is 6.54 Å². The Morgan fingerprint density at radius 2 is 1.88 bits per heavy atom. The molecule has 1 aliphatic carbocycles. The van der Waals surface area contributed by atoms with Crippen LogP contribution in [0.2, 0.25) is 0 Å². The van der Waals surface area contributed by atoms with E-state index in [1.165, 1.54) is 4.31 Å². The number of nitrogens with zero attached hydrogens (tertiary/aromatic N) is 2. The Kier molecular flexibility index (Phi) is 4.08. The van der Waals surface area contributed by atoms with E-state index < -0.39 is 10.2 Å². The molecule has 96 valence electrons. The fourth-order valence-electron chi connectivity index (χ4n) is 2.19. The minimum atomic E-state index is -3.32. The van der Waals surface area contributed by atoms with Crippen molar-refractivity contribution < 1.29 is 8.42 Å². The minimum Gasteiger partial charge on any atom is -0.195 e. The Balaban J connectivity index is 2.05. The summed E-state index contributed by atoms with van der Waals surface area (Å²) in [5.41, 5.74) is 0. The first-order valence-corrected chi connectivity index (χ1v) is 7.73. The van der Waals surface area contributed by atoms with Crippen LogP contribution in [0.5, 0.6) is 0 Å². The lowest BCUT2D eigenvalue weighted by molar-refractivity contribution is 0.307. The van der Waals surface area contributed by atoms with Crippen LogP contribution in [-0.4, -0.2) is 43.2 Å². The quantitative estimate of drug-likeness (QED) is 0.690. The third-order valence-electron chi connectivity index (χ3n) is 3.39. The van der Waals surface area contributed by atoms with Gasteiger partial charge in [-0.15, -0.1) is 6.42 Å². The Morgan fingerprint density at radius 1 is 1.24 bits per heavy atom. The lowest BCUT2D eigenvalue weighted by Gasteiger charge is -2.31. The van der Waals surface area contributed by atoms with Gasteiger partial charge in [0.1, 0.15) is 0 Å². The molecule has 17 heavy (non-hydrogen) atoms. The molecule has 0 aromatic carbocycles. The smallest absolute Gasteiger partial charge is 0.195 e. The molecular formula is C12H20N2O2S. The van der Waals surface area contributed by atoms with Crippen LogP contribution < -0.4 is 0 Å². The summed E-state index contributed by atoms with van der Waals surface area (Å²) in [7, 11) is -3.32. The molecule has 0 aromatic rings. The van der Waals surface area contributed by atoms with Gasteiger partial charge in [-0.3, -0.25) is 0 Å². The van der Waals surface area contributed by atoms with E-state index in [1.807, 2.05) is 0 Å². The number of hydrogen-bond acceptors (Lipinski definition) is 2. The summed E-state index contributed by atoms with van der Waals surface area (Å²) in [5.74, 6) is 3.00. The van der Waals surface area contributed by atoms with Crippen molar-refractivity contribution in [3.05, 3.63) is 0 Å². The molecule has 2 rings (SSSR count). The monoisotopic (exact) mass is 256 g/mol. The second kappa shape index (κ2) is 5.38. The van der Waals surface area contributed by atoms with Crippen LogP contribution in [0.4, 0.5) is 0 Å². The Morgan fingerprint density at radius 3 is 2.41 bits per heavy atom. The van der Waals surface area contributed by atoms with Crippen molar-refractivity contribution in [3.8, 4) is 12.3 Å². The second-order valence-corrected chi connectivity index (χ2v) is 6.84.